The van der Waals surface area contributed by atoms with Gasteiger partial charge in [0.2, 0.25) is 5.91 Å². The molecule has 1 aliphatic carbocycles. The number of hydrogen-bond donors (Lipinski definition) is 1. The van der Waals surface area contributed by atoms with Gasteiger partial charge in [-0.3, -0.25) is 4.79 Å². The van der Waals surface area contributed by atoms with Crippen molar-refractivity contribution >= 4 is 14.2 Å². The molecule has 24 heavy (non-hydrogen) atoms. The van der Waals surface area contributed by atoms with E-state index in [0.29, 0.717) is 18.4 Å². The summed E-state index contributed by atoms with van der Waals surface area (Å²) in [4.78, 5) is 12.2. The number of amides is 1. The number of nitrogens with one attached hydrogen (secondary N) is 1. The Morgan fingerprint density at radius 3 is 2.50 bits per heavy atom. The zero-order chi connectivity index (χ0) is 18.0. The van der Waals surface area contributed by atoms with Crippen molar-refractivity contribution in [3.8, 4) is 0 Å². The number of piperidine rings is 1. The summed E-state index contributed by atoms with van der Waals surface area (Å²) in [7, 11) is -1.78. The highest BCUT2D eigenvalue weighted by Crippen LogP contribution is 2.46. The van der Waals surface area contributed by atoms with Crippen molar-refractivity contribution in [1.82, 2.24) is 5.32 Å². The lowest BCUT2D eigenvalue weighted by Gasteiger charge is -2.53. The molecule has 0 aromatic carbocycles. The van der Waals surface area contributed by atoms with Crippen LogP contribution >= 0.6 is 0 Å². The van der Waals surface area contributed by atoms with Crippen LogP contribution in [-0.4, -0.2) is 25.9 Å². The molecule has 1 N–H and O–H groups in total. The summed E-state index contributed by atoms with van der Waals surface area (Å²) >= 11 is 0. The van der Waals surface area contributed by atoms with E-state index in [1.165, 1.54) is 32.1 Å². The van der Waals surface area contributed by atoms with Gasteiger partial charge in [0.15, 0.2) is 8.32 Å². The maximum atomic E-state index is 12.2. The number of carbonyl (C=O) groups is 1. The van der Waals surface area contributed by atoms with Crippen LogP contribution in [0.25, 0.3) is 0 Å². The van der Waals surface area contributed by atoms with Gasteiger partial charge in [0.05, 0.1) is 6.10 Å². The molecule has 3 atom stereocenters. The minimum absolute atomic E-state index is 0.00971. The van der Waals surface area contributed by atoms with Gasteiger partial charge in [-0.2, -0.15) is 0 Å². The first kappa shape index (κ1) is 20.0. The van der Waals surface area contributed by atoms with E-state index >= 15 is 0 Å². The molecule has 2 fully saturated rings. The third-order valence-electron chi connectivity index (χ3n) is 6.81. The largest absolute Gasteiger partial charge is 0.414 e. The molecule has 1 saturated heterocycles. The summed E-state index contributed by atoms with van der Waals surface area (Å²) in [5, 5.41) is 3.68. The summed E-state index contributed by atoms with van der Waals surface area (Å²) < 4.78 is 6.90. The molecule has 4 heteroatoms. The molecule has 140 valence electrons. The van der Waals surface area contributed by atoms with Crippen molar-refractivity contribution in [3.63, 3.8) is 0 Å². The lowest BCUT2D eigenvalue weighted by Crippen LogP contribution is -2.62. The normalized spacial score (nSPS) is 32.0. The van der Waals surface area contributed by atoms with Gasteiger partial charge in [0.25, 0.3) is 0 Å². The second-order valence-corrected chi connectivity index (χ2v) is 14.4. The van der Waals surface area contributed by atoms with E-state index in [0.717, 1.165) is 19.3 Å². The van der Waals surface area contributed by atoms with E-state index in [1.54, 1.807) is 0 Å². The van der Waals surface area contributed by atoms with Gasteiger partial charge < -0.3 is 9.74 Å². The zero-order valence-corrected chi connectivity index (χ0v) is 17.8. The summed E-state index contributed by atoms with van der Waals surface area (Å²) in [6.07, 6.45) is 10.3. The third kappa shape index (κ3) is 4.24. The van der Waals surface area contributed by atoms with E-state index in [-0.39, 0.29) is 16.5 Å². The molecule has 1 spiro atoms. The van der Waals surface area contributed by atoms with Gasteiger partial charge in [-0.1, -0.05) is 40.5 Å². The van der Waals surface area contributed by atoms with Crippen molar-refractivity contribution in [3.05, 3.63) is 0 Å². The van der Waals surface area contributed by atoms with E-state index < -0.39 is 8.32 Å². The molecule has 1 amide bonds. The first-order valence-corrected chi connectivity index (χ1v) is 13.0. The minimum Gasteiger partial charge on any atom is -0.414 e. The Hall–Kier alpha value is -0.353. The van der Waals surface area contributed by atoms with Crippen LogP contribution in [0.3, 0.4) is 0 Å². The topological polar surface area (TPSA) is 38.3 Å². The Morgan fingerprint density at radius 2 is 1.92 bits per heavy atom. The van der Waals surface area contributed by atoms with Crippen molar-refractivity contribution < 1.29 is 9.22 Å². The van der Waals surface area contributed by atoms with E-state index in [4.69, 9.17) is 4.43 Å². The standard InChI is InChI=1S/C20H39NO2Si/c1-7-8-11-16-17(23-24(5,6)19(2,3)4)12-9-14-20(16)15-10-13-18(22)21-20/h16-17H,7-15H2,1-6H3,(H,21,22)/t16-,17+,20-/m1/s1. The van der Waals surface area contributed by atoms with Crippen LogP contribution in [-0.2, 0) is 9.22 Å². The van der Waals surface area contributed by atoms with E-state index in [9.17, 15) is 4.79 Å². The van der Waals surface area contributed by atoms with Crippen LogP contribution in [0.5, 0.6) is 0 Å². The highest BCUT2D eigenvalue weighted by atomic mass is 28.4. The van der Waals surface area contributed by atoms with Crippen molar-refractivity contribution in [2.45, 2.75) is 115 Å². The molecule has 0 aromatic rings. The van der Waals surface area contributed by atoms with Crippen LogP contribution in [0.4, 0.5) is 0 Å². The molecule has 0 aromatic heterocycles. The van der Waals surface area contributed by atoms with Crippen molar-refractivity contribution in [2.24, 2.45) is 5.92 Å². The van der Waals surface area contributed by atoms with E-state index in [1.807, 2.05) is 0 Å². The number of hydrogen-bond acceptors (Lipinski definition) is 2. The van der Waals surface area contributed by atoms with Crippen LogP contribution in [0, 0.1) is 5.92 Å². The second kappa shape index (κ2) is 7.49. The maximum Gasteiger partial charge on any atom is 0.220 e. The summed E-state index contributed by atoms with van der Waals surface area (Å²) in [5.41, 5.74) is 0.00971. The molecule has 1 aliphatic heterocycles. The van der Waals surface area contributed by atoms with Gasteiger partial charge >= 0.3 is 0 Å². The smallest absolute Gasteiger partial charge is 0.220 e. The summed E-state index contributed by atoms with van der Waals surface area (Å²) in [5.74, 6) is 0.750. The molecule has 3 nitrogen and oxygen atoms in total. The second-order valence-electron chi connectivity index (χ2n) is 9.62. The average Bonchev–Trinajstić information content (AvgIpc) is 2.45. The van der Waals surface area contributed by atoms with Crippen LogP contribution in [0.15, 0.2) is 0 Å². The number of carbonyl (C=O) groups excluding carboxylic acids is 1. The Bertz CT molecular complexity index is 439. The zero-order valence-electron chi connectivity index (χ0n) is 16.8. The quantitative estimate of drug-likeness (QED) is 0.671. The lowest BCUT2D eigenvalue weighted by atomic mass is 9.65. The fourth-order valence-electron chi connectivity index (χ4n) is 4.38. The average molecular weight is 354 g/mol. The Morgan fingerprint density at radius 1 is 1.25 bits per heavy atom. The molecule has 0 unspecified atom stereocenters. The predicted molar refractivity (Wildman–Crippen MR) is 104 cm³/mol. The number of rotatable bonds is 5. The lowest BCUT2D eigenvalue weighted by molar-refractivity contribution is -0.129. The molecule has 2 rings (SSSR count). The fourth-order valence-corrected chi connectivity index (χ4v) is 5.77. The molecule has 0 bridgehead atoms. The minimum atomic E-state index is -1.78. The molecule has 1 heterocycles. The summed E-state index contributed by atoms with van der Waals surface area (Å²) in [6, 6.07) is 0. The Labute approximate surface area is 150 Å². The molecular formula is C20H39NO2Si. The van der Waals surface area contributed by atoms with Gasteiger partial charge in [-0.25, -0.2) is 0 Å². The molecule has 1 saturated carbocycles. The molecular weight excluding hydrogens is 314 g/mol. The van der Waals surface area contributed by atoms with Gasteiger partial charge in [-0.15, -0.1) is 0 Å². The van der Waals surface area contributed by atoms with Crippen LogP contribution in [0.1, 0.15) is 85.5 Å². The maximum absolute atomic E-state index is 12.2. The van der Waals surface area contributed by atoms with Gasteiger partial charge in [-0.05, 0) is 56.7 Å². The van der Waals surface area contributed by atoms with Gasteiger partial charge in [0.1, 0.15) is 0 Å². The highest BCUT2D eigenvalue weighted by molar-refractivity contribution is 6.74. The Balaban J connectivity index is 2.23. The predicted octanol–water partition coefficient (Wildman–Crippen LogP) is 5.41. The fraction of sp³-hybridized carbons (Fsp3) is 0.950. The first-order valence-electron chi connectivity index (χ1n) is 10.1. The summed E-state index contributed by atoms with van der Waals surface area (Å²) in [6.45, 7) is 14.0. The van der Waals surface area contributed by atoms with Crippen molar-refractivity contribution in [2.75, 3.05) is 0 Å². The van der Waals surface area contributed by atoms with Crippen LogP contribution in [0.2, 0.25) is 18.1 Å². The van der Waals surface area contributed by atoms with Crippen LogP contribution < -0.4 is 5.32 Å². The molecule has 2 aliphatic rings. The third-order valence-corrected chi connectivity index (χ3v) is 11.3. The number of unbranched alkanes of at least 4 members (excludes halogenated alkanes) is 1. The van der Waals surface area contributed by atoms with E-state index in [2.05, 4.69) is 46.1 Å². The SMILES string of the molecule is CCCC[C@@H]1[C@@H](O[Si](C)(C)C(C)(C)C)CCC[C@@]12CCCC(=O)N2. The van der Waals surface area contributed by atoms with Gasteiger partial charge in [0, 0.05) is 17.9 Å². The van der Waals surface area contributed by atoms with Crippen molar-refractivity contribution in [1.29, 1.82) is 0 Å². The Kier molecular flexibility index (Phi) is 6.23. The first-order chi connectivity index (χ1) is 11.1. The monoisotopic (exact) mass is 353 g/mol. The highest BCUT2D eigenvalue weighted by Gasteiger charge is 2.50. The molecule has 0 radical (unpaired) electrons.